The van der Waals surface area contributed by atoms with E-state index in [0.717, 1.165) is 5.56 Å². The molecule has 1 N–H and O–H groups in total. The van der Waals surface area contributed by atoms with Crippen LogP contribution in [0.2, 0.25) is 0 Å². The van der Waals surface area contributed by atoms with Crippen LogP contribution >= 0.6 is 0 Å². The molecule has 23 heavy (non-hydrogen) atoms. The molecule has 0 bridgehead atoms. The van der Waals surface area contributed by atoms with Crippen LogP contribution in [0, 0.1) is 0 Å². The molecule has 0 fully saturated rings. The first-order valence-corrected chi connectivity index (χ1v) is 6.97. The third-order valence-corrected chi connectivity index (χ3v) is 3.36. The number of ether oxygens (including phenoxy) is 4. The van der Waals surface area contributed by atoms with Gasteiger partial charge in [-0.2, -0.15) is 0 Å². The van der Waals surface area contributed by atoms with Crippen LogP contribution in [0.5, 0.6) is 28.7 Å². The highest BCUT2D eigenvalue weighted by Gasteiger charge is 2.09. The first-order chi connectivity index (χ1) is 11.1. The zero-order valence-corrected chi connectivity index (χ0v) is 13.6. The largest absolute Gasteiger partial charge is 0.504 e. The fourth-order valence-corrected chi connectivity index (χ4v) is 2.12. The third kappa shape index (κ3) is 3.88. The lowest BCUT2D eigenvalue weighted by Gasteiger charge is -2.09. The topological polar surface area (TPSA) is 57.2 Å². The van der Waals surface area contributed by atoms with Crippen LogP contribution in [0.3, 0.4) is 0 Å². The Balaban J connectivity index is 2.40. The summed E-state index contributed by atoms with van der Waals surface area (Å²) < 4.78 is 20.8. The van der Waals surface area contributed by atoms with E-state index in [-0.39, 0.29) is 5.75 Å². The van der Waals surface area contributed by atoms with E-state index in [1.807, 2.05) is 18.2 Å². The SMILES string of the molecule is COc1cc(/C=C\c2cc(OC)cc(OC)c2O)cc(OC)c1. The minimum absolute atomic E-state index is 0.0550. The van der Waals surface area contributed by atoms with Crippen molar-refractivity contribution < 1.29 is 24.1 Å². The normalized spacial score (nSPS) is 10.6. The minimum atomic E-state index is 0.0550. The van der Waals surface area contributed by atoms with Crippen LogP contribution in [0.15, 0.2) is 30.3 Å². The molecule has 0 radical (unpaired) electrons. The average molecular weight is 316 g/mol. The summed E-state index contributed by atoms with van der Waals surface area (Å²) in [5.74, 6) is 2.39. The highest BCUT2D eigenvalue weighted by molar-refractivity contribution is 5.76. The zero-order chi connectivity index (χ0) is 16.8. The van der Waals surface area contributed by atoms with Crippen molar-refractivity contribution in [3.8, 4) is 28.7 Å². The standard InChI is InChI=1S/C18H20O5/c1-20-14-7-12(8-15(10-14)21-2)5-6-13-9-16(22-3)11-17(23-4)18(13)19/h5-11,19H,1-4H3/b6-5-. The van der Waals surface area contributed by atoms with Gasteiger partial charge in [-0.1, -0.05) is 12.2 Å². The van der Waals surface area contributed by atoms with Crippen molar-refractivity contribution in [1.82, 2.24) is 0 Å². The zero-order valence-electron chi connectivity index (χ0n) is 13.6. The molecule has 2 aromatic carbocycles. The molecule has 5 nitrogen and oxygen atoms in total. The van der Waals surface area contributed by atoms with Crippen molar-refractivity contribution in [3.05, 3.63) is 41.5 Å². The predicted octanol–water partition coefficient (Wildman–Crippen LogP) is 3.60. The van der Waals surface area contributed by atoms with E-state index >= 15 is 0 Å². The van der Waals surface area contributed by atoms with Gasteiger partial charge in [0.2, 0.25) is 0 Å². The van der Waals surface area contributed by atoms with Gasteiger partial charge in [0, 0.05) is 17.7 Å². The summed E-state index contributed by atoms with van der Waals surface area (Å²) >= 11 is 0. The number of benzene rings is 2. The Morgan fingerprint density at radius 2 is 1.26 bits per heavy atom. The molecular weight excluding hydrogens is 296 g/mol. The first kappa shape index (κ1) is 16.5. The molecule has 0 aliphatic carbocycles. The van der Waals surface area contributed by atoms with Gasteiger partial charge >= 0.3 is 0 Å². The van der Waals surface area contributed by atoms with Crippen molar-refractivity contribution in [2.45, 2.75) is 0 Å². The van der Waals surface area contributed by atoms with Crippen LogP contribution in [0.4, 0.5) is 0 Å². The Kier molecular flexibility index (Phi) is 5.36. The number of aromatic hydroxyl groups is 1. The summed E-state index contributed by atoms with van der Waals surface area (Å²) in [6, 6.07) is 8.89. The van der Waals surface area contributed by atoms with Crippen LogP contribution in [-0.4, -0.2) is 33.5 Å². The molecular formula is C18H20O5. The van der Waals surface area contributed by atoms with Gasteiger partial charge in [-0.3, -0.25) is 0 Å². The van der Waals surface area contributed by atoms with Gasteiger partial charge in [-0.05, 0) is 23.8 Å². The van der Waals surface area contributed by atoms with Gasteiger partial charge in [-0.25, -0.2) is 0 Å². The molecule has 0 heterocycles. The quantitative estimate of drug-likeness (QED) is 0.825. The summed E-state index contributed by atoms with van der Waals surface area (Å²) in [7, 11) is 6.25. The fraction of sp³-hybridized carbons (Fsp3) is 0.222. The minimum Gasteiger partial charge on any atom is -0.504 e. The van der Waals surface area contributed by atoms with Crippen LogP contribution in [0.1, 0.15) is 11.1 Å². The molecule has 0 saturated carbocycles. The third-order valence-electron chi connectivity index (χ3n) is 3.36. The molecule has 0 saturated heterocycles. The Morgan fingerprint density at radius 3 is 1.78 bits per heavy atom. The molecule has 0 aliphatic heterocycles. The molecule has 122 valence electrons. The van der Waals surface area contributed by atoms with Gasteiger partial charge in [0.25, 0.3) is 0 Å². The lowest BCUT2D eigenvalue weighted by Crippen LogP contribution is -1.90. The van der Waals surface area contributed by atoms with E-state index in [1.54, 1.807) is 45.6 Å². The Bertz CT molecular complexity index is 685. The lowest BCUT2D eigenvalue weighted by molar-refractivity contribution is 0.363. The second kappa shape index (κ2) is 7.45. The van der Waals surface area contributed by atoms with Gasteiger partial charge < -0.3 is 24.1 Å². The van der Waals surface area contributed by atoms with E-state index in [2.05, 4.69) is 0 Å². The van der Waals surface area contributed by atoms with Crippen LogP contribution in [0.25, 0.3) is 12.2 Å². The van der Waals surface area contributed by atoms with Crippen molar-refractivity contribution >= 4 is 12.2 Å². The molecule has 0 spiro atoms. The van der Waals surface area contributed by atoms with Gasteiger partial charge in [-0.15, -0.1) is 0 Å². The van der Waals surface area contributed by atoms with Crippen molar-refractivity contribution in [2.75, 3.05) is 28.4 Å². The highest BCUT2D eigenvalue weighted by atomic mass is 16.5. The second-order valence-electron chi connectivity index (χ2n) is 4.75. The number of methoxy groups -OCH3 is 4. The number of phenols is 1. The smallest absolute Gasteiger partial charge is 0.165 e. The van der Waals surface area contributed by atoms with Crippen molar-refractivity contribution in [1.29, 1.82) is 0 Å². The number of hydrogen-bond donors (Lipinski definition) is 1. The Morgan fingerprint density at radius 1 is 0.696 bits per heavy atom. The first-order valence-electron chi connectivity index (χ1n) is 6.97. The predicted molar refractivity (Wildman–Crippen MR) is 89.7 cm³/mol. The Labute approximate surface area is 135 Å². The van der Waals surface area contributed by atoms with E-state index in [0.29, 0.717) is 28.6 Å². The summed E-state index contributed by atoms with van der Waals surface area (Å²) in [5, 5.41) is 10.2. The maximum absolute atomic E-state index is 10.2. The molecule has 0 aliphatic rings. The summed E-state index contributed by atoms with van der Waals surface area (Å²) in [4.78, 5) is 0. The van der Waals surface area contributed by atoms with Gasteiger partial charge in [0.15, 0.2) is 11.5 Å². The summed E-state index contributed by atoms with van der Waals surface area (Å²) in [6.07, 6.45) is 3.62. The summed E-state index contributed by atoms with van der Waals surface area (Å²) in [5.41, 5.74) is 1.46. The van der Waals surface area contributed by atoms with E-state index in [4.69, 9.17) is 18.9 Å². The molecule has 0 amide bonds. The number of phenolic OH excluding ortho intramolecular Hbond substituents is 1. The van der Waals surface area contributed by atoms with Crippen LogP contribution < -0.4 is 18.9 Å². The molecule has 2 aromatic rings. The molecule has 2 rings (SSSR count). The van der Waals surface area contributed by atoms with Crippen molar-refractivity contribution in [2.24, 2.45) is 0 Å². The van der Waals surface area contributed by atoms with Gasteiger partial charge in [0.1, 0.15) is 17.2 Å². The summed E-state index contributed by atoms with van der Waals surface area (Å²) in [6.45, 7) is 0. The monoisotopic (exact) mass is 316 g/mol. The molecule has 0 atom stereocenters. The number of rotatable bonds is 6. The molecule has 0 aromatic heterocycles. The maximum atomic E-state index is 10.2. The average Bonchev–Trinajstić information content (AvgIpc) is 2.60. The maximum Gasteiger partial charge on any atom is 0.165 e. The van der Waals surface area contributed by atoms with E-state index in [1.165, 1.54) is 7.11 Å². The van der Waals surface area contributed by atoms with Crippen LogP contribution in [-0.2, 0) is 0 Å². The van der Waals surface area contributed by atoms with Gasteiger partial charge in [0.05, 0.1) is 28.4 Å². The Hall–Kier alpha value is -2.82. The van der Waals surface area contributed by atoms with Crippen molar-refractivity contribution in [3.63, 3.8) is 0 Å². The lowest BCUT2D eigenvalue weighted by atomic mass is 10.1. The van der Waals surface area contributed by atoms with E-state index in [9.17, 15) is 5.11 Å². The highest BCUT2D eigenvalue weighted by Crippen LogP contribution is 2.35. The second-order valence-corrected chi connectivity index (χ2v) is 4.75. The number of hydrogen-bond acceptors (Lipinski definition) is 5. The molecule has 0 unspecified atom stereocenters. The van der Waals surface area contributed by atoms with E-state index < -0.39 is 0 Å². The molecule has 5 heteroatoms. The fourth-order valence-electron chi connectivity index (χ4n) is 2.12.